The molecule has 0 amide bonds. The molecule has 0 saturated heterocycles. The van der Waals surface area contributed by atoms with E-state index in [-0.39, 0.29) is 22.2 Å². The number of hydrogen-bond donors (Lipinski definition) is 3. The molecule has 0 unspecified atom stereocenters. The highest BCUT2D eigenvalue weighted by atomic mass is 32.2. The topological polar surface area (TPSA) is 163 Å². The van der Waals surface area contributed by atoms with Crippen molar-refractivity contribution in [2.45, 2.75) is 4.90 Å². The number of Topliss-reactive ketones (excluding diaryl/α,β-unsaturated/α-hetero) is 1. The Morgan fingerprint density at radius 2 is 1.64 bits per heavy atom. The molecule has 0 radical (unpaired) electrons. The number of aromatic hydroxyl groups is 1. The molecule has 144 valence electrons. The van der Waals surface area contributed by atoms with Crippen LogP contribution in [0, 0.1) is 0 Å². The predicted octanol–water partition coefficient (Wildman–Crippen LogP) is 1.56. The predicted molar refractivity (Wildman–Crippen MR) is 97.3 cm³/mol. The lowest BCUT2D eigenvalue weighted by Crippen LogP contribution is -2.21. The third-order valence-electron chi connectivity index (χ3n) is 4.22. The van der Waals surface area contributed by atoms with Crippen LogP contribution >= 0.6 is 0 Å². The molecule has 1 aliphatic heterocycles. The summed E-state index contributed by atoms with van der Waals surface area (Å²) in [5, 5.41) is 10.6. The monoisotopic (exact) mass is 422 g/mol. The molecular weight excluding hydrogens is 412 g/mol. The number of aromatic nitrogens is 1. The van der Waals surface area contributed by atoms with Crippen molar-refractivity contribution in [3.05, 3.63) is 53.7 Å². The average Bonchev–Trinajstić information content (AvgIpc) is 3.09. The Labute approximate surface area is 158 Å². The zero-order valence-electron chi connectivity index (χ0n) is 13.6. The largest absolute Gasteiger partial charge is 0.505 e. The Hall–Kier alpha value is -3.06. The number of benzene rings is 2. The van der Waals surface area contributed by atoms with Crippen molar-refractivity contribution < 1.29 is 35.8 Å². The zero-order valence-corrected chi connectivity index (χ0v) is 15.3. The van der Waals surface area contributed by atoms with Gasteiger partial charge >= 0.3 is 10.3 Å². The molecule has 0 bridgehead atoms. The molecule has 3 N–H and O–H groups in total. The number of ketones is 1. The van der Waals surface area contributed by atoms with Gasteiger partial charge in [0, 0.05) is 5.39 Å². The molecule has 12 heteroatoms. The van der Waals surface area contributed by atoms with Gasteiger partial charge in [-0.15, -0.1) is 0 Å². The SMILES string of the molecule is O=C1C(c2c(O)c3ccccc3n2S(=O)(=O)O)=Nc2ccc(S(=O)(=O)O)cc21. The Morgan fingerprint density at radius 3 is 2.29 bits per heavy atom. The van der Waals surface area contributed by atoms with Gasteiger partial charge in [0.2, 0.25) is 5.78 Å². The molecule has 3 aromatic rings. The maximum absolute atomic E-state index is 12.8. The molecule has 0 atom stereocenters. The van der Waals surface area contributed by atoms with Gasteiger partial charge in [-0.2, -0.15) is 16.8 Å². The fraction of sp³-hybridized carbons (Fsp3) is 0. The first-order chi connectivity index (χ1) is 13.0. The minimum absolute atomic E-state index is 0.0129. The first kappa shape index (κ1) is 18.3. The number of para-hydroxylation sites is 1. The fourth-order valence-corrected chi connectivity index (χ4v) is 4.38. The number of aliphatic imine (C=N–C) groups is 1. The first-order valence-corrected chi connectivity index (χ1v) is 10.4. The van der Waals surface area contributed by atoms with E-state index in [2.05, 4.69) is 4.99 Å². The molecule has 4 rings (SSSR count). The van der Waals surface area contributed by atoms with E-state index < -0.39 is 48.3 Å². The van der Waals surface area contributed by atoms with Crippen LogP contribution in [0.2, 0.25) is 0 Å². The van der Waals surface area contributed by atoms with Crippen molar-refractivity contribution in [1.82, 2.24) is 3.97 Å². The van der Waals surface area contributed by atoms with Gasteiger partial charge < -0.3 is 5.11 Å². The minimum atomic E-state index is -4.93. The van der Waals surface area contributed by atoms with Crippen LogP contribution in [0.3, 0.4) is 0 Å². The van der Waals surface area contributed by atoms with Crippen molar-refractivity contribution in [3.63, 3.8) is 0 Å². The normalized spacial score (nSPS) is 14.4. The summed E-state index contributed by atoms with van der Waals surface area (Å²) in [5.74, 6) is -1.48. The van der Waals surface area contributed by atoms with E-state index >= 15 is 0 Å². The van der Waals surface area contributed by atoms with Crippen molar-refractivity contribution in [1.29, 1.82) is 0 Å². The minimum Gasteiger partial charge on any atom is -0.505 e. The molecule has 1 aromatic heterocycles. The summed E-state index contributed by atoms with van der Waals surface area (Å²) >= 11 is 0. The van der Waals surface area contributed by atoms with Crippen LogP contribution in [0.4, 0.5) is 5.69 Å². The summed E-state index contributed by atoms with van der Waals surface area (Å²) in [5.41, 5.74) is -1.34. The molecule has 10 nitrogen and oxygen atoms in total. The molecule has 2 aromatic carbocycles. The van der Waals surface area contributed by atoms with Gasteiger partial charge in [-0.1, -0.05) is 12.1 Å². The van der Waals surface area contributed by atoms with Gasteiger partial charge in [0.15, 0.2) is 5.75 Å². The Bertz CT molecular complexity index is 1430. The van der Waals surface area contributed by atoms with Crippen molar-refractivity contribution in [3.8, 4) is 5.75 Å². The first-order valence-electron chi connectivity index (χ1n) is 7.56. The zero-order chi connectivity index (χ0) is 20.4. The van der Waals surface area contributed by atoms with E-state index in [1.54, 1.807) is 0 Å². The summed E-state index contributed by atoms with van der Waals surface area (Å²) in [7, 11) is -9.51. The molecular formula is C16H10N2O8S2. The van der Waals surface area contributed by atoms with Gasteiger partial charge in [-0.3, -0.25) is 13.9 Å². The summed E-state index contributed by atoms with van der Waals surface area (Å²) in [6.45, 7) is 0. The van der Waals surface area contributed by atoms with E-state index in [0.29, 0.717) is 3.97 Å². The van der Waals surface area contributed by atoms with Crippen LogP contribution in [0.25, 0.3) is 10.9 Å². The maximum Gasteiger partial charge on any atom is 0.364 e. The number of hydrogen-bond acceptors (Lipinski definition) is 7. The highest BCUT2D eigenvalue weighted by Crippen LogP contribution is 2.38. The van der Waals surface area contributed by atoms with Crippen LogP contribution < -0.4 is 0 Å². The summed E-state index contributed by atoms with van der Waals surface area (Å²) in [4.78, 5) is 16.2. The van der Waals surface area contributed by atoms with Gasteiger partial charge in [-0.25, -0.2) is 8.96 Å². The van der Waals surface area contributed by atoms with Crippen LogP contribution in [0.1, 0.15) is 16.1 Å². The molecule has 0 aliphatic carbocycles. The quantitative estimate of drug-likeness (QED) is 0.535. The van der Waals surface area contributed by atoms with E-state index in [1.165, 1.54) is 24.3 Å². The standard InChI is InChI=1S/C16H10N2O8S2/c19-15-10-7-8(27(21,22)23)5-6-11(10)17-13(15)14-16(20)9-3-1-2-4-12(9)18(14)28(24,25)26/h1-7,20H,(H,21,22,23)(H,24,25,26). The number of fused-ring (bicyclic) bond motifs is 2. The Balaban J connectivity index is 2.00. The molecule has 2 heterocycles. The fourth-order valence-electron chi connectivity index (χ4n) is 3.06. The van der Waals surface area contributed by atoms with Gasteiger partial charge in [0.25, 0.3) is 10.1 Å². The highest BCUT2D eigenvalue weighted by Gasteiger charge is 2.35. The van der Waals surface area contributed by atoms with Crippen molar-refractivity contribution >= 4 is 48.5 Å². The lowest BCUT2D eigenvalue weighted by molar-refractivity contribution is 0.106. The number of carbonyl (C=O) groups excluding carboxylic acids is 1. The molecule has 0 spiro atoms. The third-order valence-corrected chi connectivity index (χ3v) is 5.91. The highest BCUT2D eigenvalue weighted by molar-refractivity contribution is 7.85. The maximum atomic E-state index is 12.8. The number of nitrogens with zero attached hydrogens (tertiary/aromatic N) is 2. The average molecular weight is 422 g/mol. The van der Waals surface area contributed by atoms with Gasteiger partial charge in [0.1, 0.15) is 11.4 Å². The lowest BCUT2D eigenvalue weighted by Gasteiger charge is -2.06. The van der Waals surface area contributed by atoms with E-state index in [0.717, 1.165) is 18.2 Å². The van der Waals surface area contributed by atoms with E-state index in [1.807, 2.05) is 0 Å². The van der Waals surface area contributed by atoms with Crippen molar-refractivity contribution in [2.75, 3.05) is 0 Å². The molecule has 0 saturated carbocycles. The van der Waals surface area contributed by atoms with Gasteiger partial charge in [-0.05, 0) is 30.3 Å². The number of rotatable bonds is 3. The second-order valence-corrected chi connectivity index (χ2v) is 8.58. The van der Waals surface area contributed by atoms with Crippen LogP contribution in [0.15, 0.2) is 52.4 Å². The van der Waals surface area contributed by atoms with Crippen molar-refractivity contribution in [2.24, 2.45) is 4.99 Å². The Morgan fingerprint density at radius 1 is 0.964 bits per heavy atom. The molecule has 0 fully saturated rings. The van der Waals surface area contributed by atoms with Crippen LogP contribution in [0.5, 0.6) is 5.75 Å². The van der Waals surface area contributed by atoms with E-state index in [4.69, 9.17) is 4.55 Å². The molecule has 28 heavy (non-hydrogen) atoms. The lowest BCUT2D eigenvalue weighted by atomic mass is 10.1. The number of carbonyl (C=O) groups is 1. The molecule has 1 aliphatic rings. The van der Waals surface area contributed by atoms with Crippen LogP contribution in [-0.4, -0.2) is 46.5 Å². The third kappa shape index (κ3) is 2.62. The summed E-state index contributed by atoms with van der Waals surface area (Å²) in [6, 6.07) is 8.76. The van der Waals surface area contributed by atoms with Gasteiger partial charge in [0.05, 0.1) is 21.7 Å². The second kappa shape index (κ2) is 5.72. The summed E-state index contributed by atoms with van der Waals surface area (Å²) in [6.07, 6.45) is 0. The summed E-state index contributed by atoms with van der Waals surface area (Å²) < 4.78 is 65.6. The smallest absolute Gasteiger partial charge is 0.364 e. The van der Waals surface area contributed by atoms with Crippen LogP contribution in [-0.2, 0) is 20.4 Å². The second-order valence-electron chi connectivity index (χ2n) is 5.90. The van der Waals surface area contributed by atoms with E-state index in [9.17, 15) is 31.3 Å². The Kier molecular flexibility index (Phi) is 3.74.